The van der Waals surface area contributed by atoms with Crippen LogP contribution in [0.4, 0.5) is 13.2 Å². The number of rotatable bonds is 2. The van der Waals surface area contributed by atoms with E-state index in [1.807, 2.05) is 0 Å². The fourth-order valence-corrected chi connectivity index (χ4v) is 2.24. The summed E-state index contributed by atoms with van der Waals surface area (Å²) in [6.45, 7) is 0. The molecule has 2 N–H and O–H groups in total. The van der Waals surface area contributed by atoms with Crippen LogP contribution in [0.2, 0.25) is 0 Å². The molecular formula is C14H8F3N3O3. The van der Waals surface area contributed by atoms with Crippen molar-refractivity contribution in [3.63, 3.8) is 0 Å². The number of hydrogen-bond acceptors (Lipinski definition) is 3. The Morgan fingerprint density at radius 2 is 2.04 bits per heavy atom. The Bertz CT molecular complexity index is 1010. The minimum Gasteiger partial charge on any atom is -0.478 e. The van der Waals surface area contributed by atoms with E-state index in [4.69, 9.17) is 5.11 Å². The highest BCUT2D eigenvalue weighted by molar-refractivity contribution is 5.86. The van der Waals surface area contributed by atoms with Gasteiger partial charge in [-0.05, 0) is 24.3 Å². The monoisotopic (exact) mass is 323 g/mol. The molecule has 0 amide bonds. The first-order valence-corrected chi connectivity index (χ1v) is 6.29. The average Bonchev–Trinajstić information content (AvgIpc) is 2.88. The topological polar surface area (TPSA) is 87.5 Å². The highest BCUT2D eigenvalue weighted by Gasteiger charge is 2.30. The summed E-state index contributed by atoms with van der Waals surface area (Å²) in [5.74, 6) is -1.09. The zero-order valence-corrected chi connectivity index (χ0v) is 11.3. The van der Waals surface area contributed by atoms with Crippen molar-refractivity contribution in [2.45, 2.75) is 6.18 Å². The molecule has 2 heterocycles. The lowest BCUT2D eigenvalue weighted by Gasteiger charge is -2.09. The smallest absolute Gasteiger partial charge is 0.416 e. The SMILES string of the molecule is O=C(O)C=Cc1ncc2c(=O)[nH]c3cc(C(F)(F)F)ccc3n12. The first-order valence-electron chi connectivity index (χ1n) is 6.29. The van der Waals surface area contributed by atoms with E-state index < -0.39 is 23.3 Å². The zero-order chi connectivity index (χ0) is 16.8. The molecule has 0 aliphatic carbocycles. The lowest BCUT2D eigenvalue weighted by atomic mass is 10.2. The van der Waals surface area contributed by atoms with E-state index in [2.05, 4.69) is 9.97 Å². The standard InChI is InChI=1S/C14H8F3N3O3/c15-14(16,17)7-1-2-9-8(5-7)19-13(23)10-6-18-11(20(9)10)3-4-12(21)22/h1-6H,(H,19,23)(H,21,22). The number of H-pyrrole nitrogens is 1. The molecule has 0 aliphatic heterocycles. The highest BCUT2D eigenvalue weighted by Crippen LogP contribution is 2.31. The predicted molar refractivity (Wildman–Crippen MR) is 75.0 cm³/mol. The summed E-state index contributed by atoms with van der Waals surface area (Å²) in [6.07, 6.45) is -1.34. The number of carboxylic acids is 1. The van der Waals surface area contributed by atoms with Crippen LogP contribution in [0.1, 0.15) is 11.4 Å². The second-order valence-corrected chi connectivity index (χ2v) is 4.69. The van der Waals surface area contributed by atoms with Gasteiger partial charge < -0.3 is 10.1 Å². The molecule has 0 radical (unpaired) electrons. The van der Waals surface area contributed by atoms with E-state index in [0.29, 0.717) is 0 Å². The second kappa shape index (κ2) is 4.97. The van der Waals surface area contributed by atoms with E-state index in [-0.39, 0.29) is 22.4 Å². The van der Waals surface area contributed by atoms with Crippen molar-refractivity contribution < 1.29 is 23.1 Å². The molecule has 0 saturated carbocycles. The predicted octanol–water partition coefficient (Wildman–Crippen LogP) is 2.29. The lowest BCUT2D eigenvalue weighted by molar-refractivity contribution is -0.137. The summed E-state index contributed by atoms with van der Waals surface area (Å²) in [6, 6.07) is 2.90. The number of alkyl halides is 3. The molecule has 6 nitrogen and oxygen atoms in total. The van der Waals surface area contributed by atoms with Gasteiger partial charge in [0.25, 0.3) is 5.56 Å². The largest absolute Gasteiger partial charge is 0.478 e. The summed E-state index contributed by atoms with van der Waals surface area (Å²) in [5.41, 5.74) is -1.18. The van der Waals surface area contributed by atoms with Crippen molar-refractivity contribution in [2.75, 3.05) is 0 Å². The van der Waals surface area contributed by atoms with Crippen LogP contribution in [0.15, 0.2) is 35.3 Å². The maximum atomic E-state index is 12.8. The minimum atomic E-state index is -4.54. The Balaban J connectivity index is 2.35. The molecule has 118 valence electrons. The van der Waals surface area contributed by atoms with Crippen LogP contribution in [0.25, 0.3) is 22.6 Å². The van der Waals surface area contributed by atoms with Crippen molar-refractivity contribution in [3.05, 3.63) is 52.2 Å². The molecule has 3 aromatic rings. The number of imidazole rings is 1. The quantitative estimate of drug-likeness (QED) is 0.708. The molecule has 0 fully saturated rings. The fourth-order valence-electron chi connectivity index (χ4n) is 2.24. The maximum Gasteiger partial charge on any atom is 0.416 e. The molecule has 0 unspecified atom stereocenters. The Labute approximate surface area is 125 Å². The first kappa shape index (κ1) is 14.8. The molecular weight excluding hydrogens is 315 g/mol. The van der Waals surface area contributed by atoms with Crippen molar-refractivity contribution in [1.82, 2.24) is 14.4 Å². The molecule has 3 rings (SSSR count). The van der Waals surface area contributed by atoms with Gasteiger partial charge >= 0.3 is 12.1 Å². The molecule has 0 atom stereocenters. The van der Waals surface area contributed by atoms with Crippen LogP contribution in [0, 0.1) is 0 Å². The van der Waals surface area contributed by atoms with Gasteiger partial charge in [-0.3, -0.25) is 9.20 Å². The molecule has 1 aromatic carbocycles. The highest BCUT2D eigenvalue weighted by atomic mass is 19.4. The molecule has 23 heavy (non-hydrogen) atoms. The van der Waals surface area contributed by atoms with E-state index in [9.17, 15) is 22.8 Å². The van der Waals surface area contributed by atoms with Gasteiger partial charge in [-0.1, -0.05) is 0 Å². The number of hydrogen-bond donors (Lipinski definition) is 2. The van der Waals surface area contributed by atoms with Crippen molar-refractivity contribution >= 4 is 28.6 Å². The van der Waals surface area contributed by atoms with Gasteiger partial charge in [0.1, 0.15) is 11.3 Å². The number of halogens is 3. The fraction of sp³-hybridized carbons (Fsp3) is 0.0714. The van der Waals surface area contributed by atoms with Crippen LogP contribution in [0.3, 0.4) is 0 Å². The first-order chi connectivity index (χ1) is 10.8. The van der Waals surface area contributed by atoms with Gasteiger partial charge in [0.05, 0.1) is 22.8 Å². The van der Waals surface area contributed by atoms with E-state index in [1.165, 1.54) is 16.7 Å². The molecule has 0 saturated heterocycles. The summed E-state index contributed by atoms with van der Waals surface area (Å²) >= 11 is 0. The van der Waals surface area contributed by atoms with Gasteiger partial charge in [0, 0.05) is 6.08 Å². The Hall–Kier alpha value is -3.10. The number of aromatic nitrogens is 3. The molecule has 0 spiro atoms. The van der Waals surface area contributed by atoms with E-state index >= 15 is 0 Å². The maximum absolute atomic E-state index is 12.8. The number of aromatic amines is 1. The summed E-state index contributed by atoms with van der Waals surface area (Å²) in [5, 5.41) is 8.66. The van der Waals surface area contributed by atoms with Gasteiger partial charge in [-0.15, -0.1) is 0 Å². The van der Waals surface area contributed by atoms with E-state index in [1.54, 1.807) is 0 Å². The number of benzene rings is 1. The third-order valence-corrected chi connectivity index (χ3v) is 3.21. The number of aliphatic carboxylic acids is 1. The number of nitrogens with zero attached hydrogens (tertiary/aromatic N) is 2. The van der Waals surface area contributed by atoms with Gasteiger partial charge in [0.2, 0.25) is 0 Å². The third-order valence-electron chi connectivity index (χ3n) is 3.21. The molecule has 0 aliphatic rings. The normalized spacial score (nSPS) is 12.5. The Morgan fingerprint density at radius 3 is 2.70 bits per heavy atom. The second-order valence-electron chi connectivity index (χ2n) is 4.69. The van der Waals surface area contributed by atoms with Crippen LogP contribution in [-0.2, 0) is 11.0 Å². The number of nitrogens with one attached hydrogen (secondary N) is 1. The van der Waals surface area contributed by atoms with Crippen molar-refractivity contribution in [3.8, 4) is 0 Å². The lowest BCUT2D eigenvalue weighted by Crippen LogP contribution is -2.12. The Kier molecular flexibility index (Phi) is 3.20. The molecule has 0 bridgehead atoms. The van der Waals surface area contributed by atoms with Crippen LogP contribution < -0.4 is 5.56 Å². The molecule has 2 aromatic heterocycles. The number of carbonyl (C=O) groups is 1. The summed E-state index contributed by atoms with van der Waals surface area (Å²) < 4.78 is 39.6. The van der Waals surface area contributed by atoms with E-state index in [0.717, 1.165) is 24.3 Å². The molecule has 9 heteroatoms. The number of fused-ring (bicyclic) bond motifs is 3. The van der Waals surface area contributed by atoms with Crippen molar-refractivity contribution in [1.29, 1.82) is 0 Å². The third kappa shape index (κ3) is 2.56. The average molecular weight is 323 g/mol. The summed E-state index contributed by atoms with van der Waals surface area (Å²) in [7, 11) is 0. The minimum absolute atomic E-state index is 0.0275. The zero-order valence-electron chi connectivity index (χ0n) is 11.3. The summed E-state index contributed by atoms with van der Waals surface area (Å²) in [4.78, 5) is 28.9. The van der Waals surface area contributed by atoms with Gasteiger partial charge in [-0.25, -0.2) is 9.78 Å². The van der Waals surface area contributed by atoms with Crippen LogP contribution in [0.5, 0.6) is 0 Å². The van der Waals surface area contributed by atoms with Crippen molar-refractivity contribution in [2.24, 2.45) is 0 Å². The van der Waals surface area contributed by atoms with Gasteiger partial charge in [0.15, 0.2) is 0 Å². The van der Waals surface area contributed by atoms with Crippen LogP contribution >= 0.6 is 0 Å². The Morgan fingerprint density at radius 1 is 1.30 bits per heavy atom. The van der Waals surface area contributed by atoms with Gasteiger partial charge in [-0.2, -0.15) is 13.2 Å². The van der Waals surface area contributed by atoms with Crippen LogP contribution in [-0.4, -0.2) is 25.4 Å². The number of carboxylic acid groups (broad SMARTS) is 1.